The van der Waals surface area contributed by atoms with Crippen LogP contribution >= 0.6 is 11.3 Å². The fraction of sp³-hybridized carbons (Fsp3) is 0. The van der Waals surface area contributed by atoms with Crippen molar-refractivity contribution in [3.63, 3.8) is 0 Å². The smallest absolute Gasteiger partial charge is 0.143 e. The van der Waals surface area contributed by atoms with Gasteiger partial charge in [-0.2, -0.15) is 0 Å². The van der Waals surface area contributed by atoms with Crippen LogP contribution in [0.1, 0.15) is 0 Å². The molecular formula is C58H36N2OS. The lowest BCUT2D eigenvalue weighted by atomic mass is 9.97. The zero-order valence-corrected chi connectivity index (χ0v) is 34.3. The summed E-state index contributed by atoms with van der Waals surface area (Å²) in [5, 5.41) is 9.72. The van der Waals surface area contributed by atoms with Crippen molar-refractivity contribution < 1.29 is 4.42 Å². The lowest BCUT2D eigenvalue weighted by Crippen LogP contribution is -2.11. The van der Waals surface area contributed by atoms with E-state index in [9.17, 15) is 0 Å². The highest BCUT2D eigenvalue weighted by Gasteiger charge is 2.23. The van der Waals surface area contributed by atoms with Gasteiger partial charge >= 0.3 is 0 Å². The van der Waals surface area contributed by atoms with Crippen LogP contribution in [0.25, 0.3) is 103 Å². The van der Waals surface area contributed by atoms with E-state index in [-0.39, 0.29) is 0 Å². The SMILES string of the molecule is c1cc(-c2c(N(c3ccc(-c4cccc5c4oc4ccccc45)cc3)c3ccc4ccccc4c3)ccc3c2sc2ccccc23)cc(-n2c3ccccc3c3ccccc32)c1. The van der Waals surface area contributed by atoms with Gasteiger partial charge in [-0.05, 0) is 88.6 Å². The van der Waals surface area contributed by atoms with Gasteiger partial charge < -0.3 is 13.9 Å². The van der Waals surface area contributed by atoms with Gasteiger partial charge in [0.2, 0.25) is 0 Å². The topological polar surface area (TPSA) is 21.3 Å². The third-order valence-electron chi connectivity index (χ3n) is 12.6. The minimum atomic E-state index is 0.903. The van der Waals surface area contributed by atoms with Crippen molar-refractivity contribution in [3.8, 4) is 27.9 Å². The molecule has 0 fully saturated rings. The number of anilines is 3. The molecule has 0 unspecified atom stereocenters. The van der Waals surface area contributed by atoms with Crippen LogP contribution in [0.5, 0.6) is 0 Å². The Morgan fingerprint density at radius 1 is 0.419 bits per heavy atom. The largest absolute Gasteiger partial charge is 0.455 e. The van der Waals surface area contributed by atoms with Gasteiger partial charge in [0.05, 0.1) is 16.7 Å². The van der Waals surface area contributed by atoms with Crippen LogP contribution in [0, 0.1) is 0 Å². The number of benzene rings is 10. The molecule has 13 aromatic rings. The van der Waals surface area contributed by atoms with Gasteiger partial charge in [-0.3, -0.25) is 0 Å². The van der Waals surface area contributed by atoms with E-state index < -0.39 is 0 Å². The molecule has 0 radical (unpaired) electrons. The summed E-state index contributed by atoms with van der Waals surface area (Å²) in [4.78, 5) is 2.45. The van der Waals surface area contributed by atoms with Crippen molar-refractivity contribution in [1.82, 2.24) is 4.57 Å². The van der Waals surface area contributed by atoms with Gasteiger partial charge in [0.1, 0.15) is 11.2 Å². The molecule has 3 heterocycles. The molecule has 0 spiro atoms. The molecule has 0 aliphatic carbocycles. The van der Waals surface area contributed by atoms with Crippen LogP contribution in [0.3, 0.4) is 0 Å². The van der Waals surface area contributed by atoms with Crippen molar-refractivity contribution in [1.29, 1.82) is 0 Å². The van der Waals surface area contributed by atoms with Crippen LogP contribution in [0.2, 0.25) is 0 Å². The van der Waals surface area contributed by atoms with E-state index in [1.54, 1.807) is 0 Å². The molecule has 0 amide bonds. The summed E-state index contributed by atoms with van der Waals surface area (Å²) in [6, 6.07) is 79.3. The van der Waals surface area contributed by atoms with Gasteiger partial charge in [0.15, 0.2) is 0 Å². The maximum absolute atomic E-state index is 6.50. The fourth-order valence-electron chi connectivity index (χ4n) is 9.75. The molecule has 290 valence electrons. The molecule has 10 aromatic carbocycles. The first-order chi connectivity index (χ1) is 30.7. The molecular weight excluding hydrogens is 773 g/mol. The zero-order valence-electron chi connectivity index (χ0n) is 33.5. The zero-order chi connectivity index (χ0) is 40.7. The first kappa shape index (κ1) is 34.9. The molecule has 4 heteroatoms. The van der Waals surface area contributed by atoms with Crippen LogP contribution in [-0.2, 0) is 0 Å². The molecule has 0 saturated heterocycles. The summed E-state index contributed by atoms with van der Waals surface area (Å²) in [5.74, 6) is 0. The number of rotatable bonds is 6. The van der Waals surface area contributed by atoms with Crippen LogP contribution < -0.4 is 4.90 Å². The average Bonchev–Trinajstić information content (AvgIpc) is 4.02. The molecule has 13 rings (SSSR count). The number of fused-ring (bicyclic) bond motifs is 10. The summed E-state index contributed by atoms with van der Waals surface area (Å²) >= 11 is 1.87. The van der Waals surface area contributed by atoms with E-state index in [0.717, 1.165) is 61.4 Å². The Hall–Kier alpha value is -7.92. The number of para-hydroxylation sites is 4. The highest BCUT2D eigenvalue weighted by molar-refractivity contribution is 7.26. The van der Waals surface area contributed by atoms with Crippen LogP contribution in [0.15, 0.2) is 223 Å². The van der Waals surface area contributed by atoms with Crippen LogP contribution in [-0.4, -0.2) is 4.57 Å². The van der Waals surface area contributed by atoms with E-state index >= 15 is 0 Å². The summed E-state index contributed by atoms with van der Waals surface area (Å²) < 4.78 is 11.5. The van der Waals surface area contributed by atoms with E-state index in [4.69, 9.17) is 4.42 Å². The standard InChI is InChI=1S/C58H36N2OS/c1-2-14-39-35-43(32-27-37(39)13-1)59(41-30-28-38(29-31-41)44-21-12-22-49-47-19-5-9-25-54(47)61-57(44)49)53-34-33-50-48-20-6-10-26-55(48)62-58(50)56(53)40-15-11-16-42(36-40)60-51-23-7-3-17-45(51)46-18-4-8-24-52(46)60/h1-36H. The molecule has 0 saturated carbocycles. The molecule has 0 N–H and O–H groups in total. The van der Waals surface area contributed by atoms with Gasteiger partial charge in [0, 0.05) is 69.9 Å². The minimum absolute atomic E-state index is 0.903. The second-order valence-electron chi connectivity index (χ2n) is 16.0. The minimum Gasteiger partial charge on any atom is -0.455 e. The normalized spacial score (nSPS) is 11.9. The van der Waals surface area contributed by atoms with E-state index in [2.05, 4.69) is 216 Å². The molecule has 3 nitrogen and oxygen atoms in total. The third-order valence-corrected chi connectivity index (χ3v) is 13.8. The number of nitrogens with zero attached hydrogens (tertiary/aromatic N) is 2. The van der Waals surface area contributed by atoms with Crippen molar-refractivity contribution in [2.75, 3.05) is 4.90 Å². The lowest BCUT2D eigenvalue weighted by molar-refractivity contribution is 0.670. The van der Waals surface area contributed by atoms with Gasteiger partial charge in [0.25, 0.3) is 0 Å². The number of furan rings is 1. The van der Waals surface area contributed by atoms with Crippen molar-refractivity contribution >= 4 is 103 Å². The van der Waals surface area contributed by atoms with Crippen molar-refractivity contribution in [2.45, 2.75) is 0 Å². The Bertz CT molecular complexity index is 3830. The summed E-state index contributed by atoms with van der Waals surface area (Å²) in [5.41, 5.74) is 13.2. The van der Waals surface area contributed by atoms with E-state index in [1.807, 2.05) is 23.5 Å². The Kier molecular flexibility index (Phi) is 7.78. The highest BCUT2D eigenvalue weighted by atomic mass is 32.1. The molecule has 0 aliphatic rings. The Morgan fingerprint density at radius 3 is 1.90 bits per heavy atom. The predicted molar refractivity (Wildman–Crippen MR) is 264 cm³/mol. The van der Waals surface area contributed by atoms with Gasteiger partial charge in [-0.15, -0.1) is 11.3 Å². The van der Waals surface area contributed by atoms with Crippen molar-refractivity contribution in [3.05, 3.63) is 218 Å². The Morgan fingerprint density at radius 2 is 1.08 bits per heavy atom. The molecule has 0 bridgehead atoms. The highest BCUT2D eigenvalue weighted by Crippen LogP contribution is 2.49. The number of hydrogen-bond donors (Lipinski definition) is 0. The lowest BCUT2D eigenvalue weighted by Gasteiger charge is -2.29. The second kappa shape index (κ2) is 13.8. The maximum atomic E-state index is 6.50. The second-order valence-corrected chi connectivity index (χ2v) is 17.1. The van der Waals surface area contributed by atoms with Crippen molar-refractivity contribution in [2.24, 2.45) is 0 Å². The Balaban J connectivity index is 1.05. The first-order valence-electron chi connectivity index (χ1n) is 21.1. The maximum Gasteiger partial charge on any atom is 0.143 e. The third kappa shape index (κ3) is 5.37. The summed E-state index contributed by atoms with van der Waals surface area (Å²) in [6.07, 6.45) is 0. The number of thiophene rings is 1. The monoisotopic (exact) mass is 808 g/mol. The van der Waals surface area contributed by atoms with Crippen LogP contribution in [0.4, 0.5) is 17.1 Å². The van der Waals surface area contributed by atoms with Gasteiger partial charge in [-0.1, -0.05) is 152 Å². The van der Waals surface area contributed by atoms with E-state index in [0.29, 0.717) is 0 Å². The van der Waals surface area contributed by atoms with Gasteiger partial charge in [-0.25, -0.2) is 0 Å². The van der Waals surface area contributed by atoms with E-state index in [1.165, 1.54) is 58.3 Å². The summed E-state index contributed by atoms with van der Waals surface area (Å²) in [6.45, 7) is 0. The summed E-state index contributed by atoms with van der Waals surface area (Å²) in [7, 11) is 0. The molecule has 0 aliphatic heterocycles. The first-order valence-corrected chi connectivity index (χ1v) is 21.9. The average molecular weight is 809 g/mol. The molecule has 0 atom stereocenters. The predicted octanol–water partition coefficient (Wildman–Crippen LogP) is 17.0. The quantitative estimate of drug-likeness (QED) is 0.167. The Labute approximate surface area is 361 Å². The molecule has 62 heavy (non-hydrogen) atoms. The fourth-order valence-corrected chi connectivity index (χ4v) is 11.0. The number of aromatic nitrogens is 1. The molecule has 3 aromatic heterocycles. The number of hydrogen-bond acceptors (Lipinski definition) is 3.